The van der Waals surface area contributed by atoms with Crippen LogP contribution < -0.4 is 10.2 Å². The molecule has 1 aliphatic carbocycles. The number of carbonyl (C=O) groups is 1. The summed E-state index contributed by atoms with van der Waals surface area (Å²) in [5.74, 6) is 1.36. The summed E-state index contributed by atoms with van der Waals surface area (Å²) in [7, 11) is 0. The average Bonchev–Trinajstić information content (AvgIpc) is 2.58. The van der Waals surface area contributed by atoms with Crippen LogP contribution in [0.3, 0.4) is 0 Å². The highest BCUT2D eigenvalue weighted by Crippen LogP contribution is 2.24. The van der Waals surface area contributed by atoms with Gasteiger partial charge in [-0.15, -0.1) is 10.2 Å². The molecule has 1 saturated carbocycles. The number of hydrogen-bond donors (Lipinski definition) is 1. The molecule has 5 nitrogen and oxygen atoms in total. The van der Waals surface area contributed by atoms with Crippen molar-refractivity contribution >= 4 is 11.7 Å². The molecule has 0 spiro atoms. The molecule has 5 heteroatoms. The molecule has 120 valence electrons. The van der Waals surface area contributed by atoms with Crippen LogP contribution >= 0.6 is 0 Å². The van der Waals surface area contributed by atoms with Crippen molar-refractivity contribution in [2.45, 2.75) is 57.9 Å². The van der Waals surface area contributed by atoms with Gasteiger partial charge < -0.3 is 10.2 Å². The van der Waals surface area contributed by atoms with E-state index in [0.29, 0.717) is 11.6 Å². The van der Waals surface area contributed by atoms with E-state index in [9.17, 15) is 4.79 Å². The molecule has 1 N–H and O–H groups in total. The zero-order chi connectivity index (χ0) is 15.4. The summed E-state index contributed by atoms with van der Waals surface area (Å²) in [6.45, 7) is 4.30. The summed E-state index contributed by atoms with van der Waals surface area (Å²) in [6.07, 6.45) is 8.47. The second-order valence-corrected chi connectivity index (χ2v) is 6.67. The van der Waals surface area contributed by atoms with Crippen LogP contribution in [0.1, 0.15) is 62.4 Å². The number of amides is 1. The van der Waals surface area contributed by atoms with Crippen LogP contribution in [-0.4, -0.2) is 35.2 Å². The third-order valence-electron chi connectivity index (χ3n) is 4.99. The summed E-state index contributed by atoms with van der Waals surface area (Å²) in [5, 5.41) is 11.5. The molecule has 0 aromatic carbocycles. The highest BCUT2D eigenvalue weighted by molar-refractivity contribution is 5.92. The maximum Gasteiger partial charge on any atom is 0.272 e. The number of rotatable bonds is 3. The molecule has 1 amide bonds. The molecule has 2 aliphatic rings. The zero-order valence-corrected chi connectivity index (χ0v) is 13.4. The quantitative estimate of drug-likeness (QED) is 0.933. The number of hydrogen-bond acceptors (Lipinski definition) is 4. The van der Waals surface area contributed by atoms with E-state index in [1.165, 1.54) is 38.5 Å². The van der Waals surface area contributed by atoms with E-state index in [0.717, 1.165) is 25.3 Å². The van der Waals surface area contributed by atoms with E-state index in [1.54, 1.807) is 6.07 Å². The van der Waals surface area contributed by atoms with Gasteiger partial charge in [-0.25, -0.2) is 0 Å². The summed E-state index contributed by atoms with van der Waals surface area (Å²) in [6, 6.07) is 4.02. The lowest BCUT2D eigenvalue weighted by atomic mass is 9.86. The van der Waals surface area contributed by atoms with Crippen molar-refractivity contribution in [2.24, 2.45) is 5.92 Å². The SMILES string of the molecule is CC1CCCCC1NC(=O)c1ccc(N2CCCCC2)nn1. The molecule has 2 unspecified atom stereocenters. The second kappa shape index (κ2) is 7.07. The predicted octanol–water partition coefficient (Wildman–Crippen LogP) is 2.78. The predicted molar refractivity (Wildman–Crippen MR) is 87.0 cm³/mol. The molecule has 2 fully saturated rings. The van der Waals surface area contributed by atoms with E-state index in [2.05, 4.69) is 27.3 Å². The Labute approximate surface area is 132 Å². The number of aromatic nitrogens is 2. The third kappa shape index (κ3) is 3.57. The fraction of sp³-hybridized carbons (Fsp3) is 0.706. The summed E-state index contributed by atoms with van der Waals surface area (Å²) in [5.41, 5.74) is 0.429. The minimum absolute atomic E-state index is 0.0866. The lowest BCUT2D eigenvalue weighted by Gasteiger charge is -2.29. The van der Waals surface area contributed by atoms with Gasteiger partial charge in [-0.05, 0) is 50.2 Å². The van der Waals surface area contributed by atoms with Crippen LogP contribution in [0.2, 0.25) is 0 Å². The van der Waals surface area contributed by atoms with Crippen LogP contribution in [0.4, 0.5) is 5.82 Å². The molecule has 22 heavy (non-hydrogen) atoms. The highest BCUT2D eigenvalue weighted by atomic mass is 16.2. The first kappa shape index (κ1) is 15.3. The molecule has 2 atom stereocenters. The van der Waals surface area contributed by atoms with Crippen molar-refractivity contribution in [3.63, 3.8) is 0 Å². The van der Waals surface area contributed by atoms with Crippen molar-refractivity contribution in [1.82, 2.24) is 15.5 Å². The molecule has 1 aromatic heterocycles. The highest BCUT2D eigenvalue weighted by Gasteiger charge is 2.24. The standard InChI is InChI=1S/C17H26N4O/c1-13-7-3-4-8-14(13)18-17(22)15-9-10-16(20-19-15)21-11-5-2-6-12-21/h9-10,13-14H,2-8,11-12H2,1H3,(H,18,22). The van der Waals surface area contributed by atoms with Crippen LogP contribution in [-0.2, 0) is 0 Å². The van der Waals surface area contributed by atoms with E-state index in [1.807, 2.05) is 6.07 Å². The number of nitrogens with one attached hydrogen (secondary N) is 1. The number of piperidine rings is 1. The Kier molecular flexibility index (Phi) is 4.90. The number of anilines is 1. The molecule has 1 aromatic rings. The van der Waals surface area contributed by atoms with Gasteiger partial charge in [0, 0.05) is 19.1 Å². The van der Waals surface area contributed by atoms with Gasteiger partial charge in [-0.3, -0.25) is 4.79 Å². The lowest BCUT2D eigenvalue weighted by molar-refractivity contribution is 0.0904. The first-order valence-electron chi connectivity index (χ1n) is 8.63. The van der Waals surface area contributed by atoms with Crippen molar-refractivity contribution < 1.29 is 4.79 Å². The molecular weight excluding hydrogens is 276 g/mol. The molecule has 3 rings (SSSR count). The van der Waals surface area contributed by atoms with Crippen molar-refractivity contribution in [2.75, 3.05) is 18.0 Å². The van der Waals surface area contributed by atoms with Gasteiger partial charge >= 0.3 is 0 Å². The van der Waals surface area contributed by atoms with Gasteiger partial charge in [-0.2, -0.15) is 0 Å². The molecular formula is C17H26N4O. The zero-order valence-electron chi connectivity index (χ0n) is 13.4. The Hall–Kier alpha value is -1.65. The molecule has 1 saturated heterocycles. The Morgan fingerprint density at radius 1 is 1.09 bits per heavy atom. The molecule has 0 radical (unpaired) electrons. The monoisotopic (exact) mass is 302 g/mol. The Morgan fingerprint density at radius 3 is 2.55 bits per heavy atom. The van der Waals surface area contributed by atoms with Crippen LogP contribution in [0.5, 0.6) is 0 Å². The first-order valence-corrected chi connectivity index (χ1v) is 8.63. The van der Waals surface area contributed by atoms with E-state index >= 15 is 0 Å². The van der Waals surface area contributed by atoms with Gasteiger partial charge in [0.2, 0.25) is 0 Å². The molecule has 1 aliphatic heterocycles. The normalized spacial score (nSPS) is 25.8. The van der Waals surface area contributed by atoms with Gasteiger partial charge in [0.1, 0.15) is 0 Å². The molecule has 0 bridgehead atoms. The smallest absolute Gasteiger partial charge is 0.272 e. The van der Waals surface area contributed by atoms with E-state index in [4.69, 9.17) is 0 Å². The van der Waals surface area contributed by atoms with E-state index < -0.39 is 0 Å². The van der Waals surface area contributed by atoms with Gasteiger partial charge in [-0.1, -0.05) is 19.8 Å². The summed E-state index contributed by atoms with van der Waals surface area (Å²) < 4.78 is 0. The first-order chi connectivity index (χ1) is 10.7. The Bertz CT molecular complexity index is 496. The fourth-order valence-corrected chi connectivity index (χ4v) is 3.51. The van der Waals surface area contributed by atoms with Crippen molar-refractivity contribution in [3.05, 3.63) is 17.8 Å². The van der Waals surface area contributed by atoms with Crippen molar-refractivity contribution in [1.29, 1.82) is 0 Å². The topological polar surface area (TPSA) is 58.1 Å². The molecule has 2 heterocycles. The average molecular weight is 302 g/mol. The van der Waals surface area contributed by atoms with Crippen LogP contribution in [0.25, 0.3) is 0 Å². The third-order valence-corrected chi connectivity index (χ3v) is 4.99. The van der Waals surface area contributed by atoms with Gasteiger partial charge in [0.05, 0.1) is 0 Å². The van der Waals surface area contributed by atoms with E-state index in [-0.39, 0.29) is 11.9 Å². The maximum absolute atomic E-state index is 12.3. The Morgan fingerprint density at radius 2 is 1.86 bits per heavy atom. The van der Waals surface area contributed by atoms with Crippen LogP contribution in [0, 0.1) is 5.92 Å². The number of carbonyl (C=O) groups excluding carboxylic acids is 1. The minimum atomic E-state index is -0.0866. The fourth-order valence-electron chi connectivity index (χ4n) is 3.51. The van der Waals surface area contributed by atoms with Gasteiger partial charge in [0.15, 0.2) is 11.5 Å². The summed E-state index contributed by atoms with van der Waals surface area (Å²) in [4.78, 5) is 14.6. The second-order valence-electron chi connectivity index (χ2n) is 6.67. The largest absolute Gasteiger partial charge is 0.355 e. The maximum atomic E-state index is 12.3. The minimum Gasteiger partial charge on any atom is -0.355 e. The number of nitrogens with zero attached hydrogens (tertiary/aromatic N) is 3. The van der Waals surface area contributed by atoms with Gasteiger partial charge in [0.25, 0.3) is 5.91 Å². The van der Waals surface area contributed by atoms with Crippen LogP contribution in [0.15, 0.2) is 12.1 Å². The Balaban J connectivity index is 1.60. The summed E-state index contributed by atoms with van der Waals surface area (Å²) >= 11 is 0. The lowest BCUT2D eigenvalue weighted by Crippen LogP contribution is -2.41. The van der Waals surface area contributed by atoms with Crippen molar-refractivity contribution in [3.8, 4) is 0 Å².